The fourth-order valence-electron chi connectivity index (χ4n) is 6.56. The highest BCUT2D eigenvalue weighted by atomic mass is 16.7. The van der Waals surface area contributed by atoms with E-state index in [1.54, 1.807) is 13.8 Å². The highest BCUT2D eigenvalue weighted by molar-refractivity contribution is 5.98. The molecular formula is C33H50O7. The number of allylic oxidation sites excluding steroid dienone is 2. The lowest BCUT2D eigenvalue weighted by atomic mass is 9.70. The number of aryl methyl sites for hydroxylation is 1. The van der Waals surface area contributed by atoms with Gasteiger partial charge in [-0.1, -0.05) is 55.4 Å². The number of esters is 1. The Morgan fingerprint density at radius 2 is 1.62 bits per heavy atom. The number of ketones is 1. The van der Waals surface area contributed by atoms with Crippen molar-refractivity contribution in [1.29, 1.82) is 0 Å². The molecule has 1 aromatic rings. The number of rotatable bonds is 8. The SMILES string of the molecule is CCc1oc([C@H](C)[C@@H]2O[C@@]3(OC(C(C)CC)=C(C)C(=O)[C@@H]3C)[C@@H](C)[C@@H](OC(=O)CC(C)C)[C@@H]2C)c(C)c(=O)c1C. The summed E-state index contributed by atoms with van der Waals surface area (Å²) >= 11 is 0. The van der Waals surface area contributed by atoms with Gasteiger partial charge in [0.15, 0.2) is 11.2 Å². The van der Waals surface area contributed by atoms with Gasteiger partial charge < -0.3 is 18.6 Å². The monoisotopic (exact) mass is 558 g/mol. The summed E-state index contributed by atoms with van der Waals surface area (Å²) in [6.45, 7) is 23.2. The summed E-state index contributed by atoms with van der Waals surface area (Å²) in [6, 6.07) is 0. The van der Waals surface area contributed by atoms with Crippen LogP contribution in [-0.4, -0.2) is 29.7 Å². The van der Waals surface area contributed by atoms with E-state index in [1.165, 1.54) is 0 Å². The molecule has 0 amide bonds. The number of hydrogen-bond donors (Lipinski definition) is 0. The van der Waals surface area contributed by atoms with Crippen molar-refractivity contribution in [3.63, 3.8) is 0 Å². The molecular weight excluding hydrogens is 508 g/mol. The van der Waals surface area contributed by atoms with E-state index in [2.05, 4.69) is 6.92 Å². The van der Waals surface area contributed by atoms with Crippen LogP contribution in [0.4, 0.5) is 0 Å². The molecule has 7 heteroatoms. The van der Waals surface area contributed by atoms with Crippen LogP contribution in [-0.2, 0) is 30.2 Å². The molecule has 0 aromatic carbocycles. The minimum Gasteiger partial charge on any atom is -0.465 e. The first-order valence-electron chi connectivity index (χ1n) is 15.1. The van der Waals surface area contributed by atoms with Crippen molar-refractivity contribution >= 4 is 11.8 Å². The van der Waals surface area contributed by atoms with Gasteiger partial charge in [-0.3, -0.25) is 14.4 Å². The highest BCUT2D eigenvalue weighted by Crippen LogP contribution is 2.52. The third-order valence-electron chi connectivity index (χ3n) is 9.32. The second-order valence-corrected chi connectivity index (χ2v) is 12.6. The molecule has 0 bridgehead atoms. The molecule has 3 heterocycles. The summed E-state index contributed by atoms with van der Waals surface area (Å²) in [5.74, 6) is -1.30. The molecule has 2 aliphatic heterocycles. The fraction of sp³-hybridized carbons (Fsp3) is 0.727. The second kappa shape index (κ2) is 12.2. The predicted molar refractivity (Wildman–Crippen MR) is 155 cm³/mol. The van der Waals surface area contributed by atoms with Gasteiger partial charge in [-0.05, 0) is 40.0 Å². The summed E-state index contributed by atoms with van der Waals surface area (Å²) in [5.41, 5.74) is 1.75. The number of Topliss-reactive ketones (excluding diaryl/α,β-unsaturated/α-hetero) is 1. The van der Waals surface area contributed by atoms with Gasteiger partial charge in [0.25, 0.3) is 0 Å². The Bertz CT molecular complexity index is 1210. The number of carbonyl (C=O) groups is 2. The predicted octanol–water partition coefficient (Wildman–Crippen LogP) is 6.80. The van der Waals surface area contributed by atoms with Gasteiger partial charge in [-0.25, -0.2) is 0 Å². The van der Waals surface area contributed by atoms with Crippen LogP contribution in [0.15, 0.2) is 20.5 Å². The molecule has 7 nitrogen and oxygen atoms in total. The maximum absolute atomic E-state index is 13.7. The van der Waals surface area contributed by atoms with Gasteiger partial charge in [-0.2, -0.15) is 0 Å². The summed E-state index contributed by atoms with van der Waals surface area (Å²) < 4.78 is 26.3. The van der Waals surface area contributed by atoms with E-state index in [9.17, 15) is 14.4 Å². The van der Waals surface area contributed by atoms with Gasteiger partial charge in [0, 0.05) is 47.3 Å². The second-order valence-electron chi connectivity index (χ2n) is 12.6. The summed E-state index contributed by atoms with van der Waals surface area (Å²) in [5, 5.41) is 0. The van der Waals surface area contributed by atoms with Gasteiger partial charge in [0.1, 0.15) is 23.4 Å². The van der Waals surface area contributed by atoms with Crippen molar-refractivity contribution in [3.8, 4) is 0 Å². The average molecular weight is 559 g/mol. The Labute approximate surface area is 240 Å². The lowest BCUT2D eigenvalue weighted by Crippen LogP contribution is -2.65. The van der Waals surface area contributed by atoms with E-state index in [-0.39, 0.29) is 40.9 Å². The Kier molecular flexibility index (Phi) is 9.81. The topological polar surface area (TPSA) is 92.0 Å². The zero-order valence-corrected chi connectivity index (χ0v) is 26.6. The Morgan fingerprint density at radius 1 is 1.00 bits per heavy atom. The zero-order chi connectivity index (χ0) is 30.3. The minimum atomic E-state index is -1.34. The van der Waals surface area contributed by atoms with Gasteiger partial charge in [-0.15, -0.1) is 0 Å². The van der Waals surface area contributed by atoms with Crippen molar-refractivity contribution in [3.05, 3.63) is 44.2 Å². The average Bonchev–Trinajstić information content (AvgIpc) is 2.91. The van der Waals surface area contributed by atoms with Crippen LogP contribution in [0.5, 0.6) is 0 Å². The van der Waals surface area contributed by atoms with Crippen molar-refractivity contribution in [2.24, 2.45) is 29.6 Å². The largest absolute Gasteiger partial charge is 0.465 e. The van der Waals surface area contributed by atoms with E-state index in [0.29, 0.717) is 46.8 Å². The van der Waals surface area contributed by atoms with Crippen LogP contribution < -0.4 is 5.43 Å². The summed E-state index contributed by atoms with van der Waals surface area (Å²) in [4.78, 5) is 39.9. The van der Waals surface area contributed by atoms with Crippen LogP contribution >= 0.6 is 0 Å². The molecule has 1 fully saturated rings. The van der Waals surface area contributed by atoms with Crippen molar-refractivity contribution in [1.82, 2.24) is 0 Å². The molecule has 8 atom stereocenters. The molecule has 2 aliphatic rings. The van der Waals surface area contributed by atoms with E-state index in [4.69, 9.17) is 18.6 Å². The Hall–Kier alpha value is -2.41. The lowest BCUT2D eigenvalue weighted by Gasteiger charge is -2.56. The van der Waals surface area contributed by atoms with Gasteiger partial charge in [0.05, 0.1) is 17.9 Å². The first-order chi connectivity index (χ1) is 18.6. The third-order valence-corrected chi connectivity index (χ3v) is 9.32. The maximum atomic E-state index is 13.7. The molecule has 1 unspecified atom stereocenters. The zero-order valence-electron chi connectivity index (χ0n) is 26.6. The summed E-state index contributed by atoms with van der Waals surface area (Å²) in [7, 11) is 0. The number of hydrogen-bond acceptors (Lipinski definition) is 7. The molecule has 0 saturated carbocycles. The highest BCUT2D eigenvalue weighted by Gasteiger charge is 2.62. The van der Waals surface area contributed by atoms with Crippen LogP contribution in [0.1, 0.15) is 111 Å². The molecule has 224 valence electrons. The van der Waals surface area contributed by atoms with Gasteiger partial charge in [0.2, 0.25) is 5.79 Å². The standard InChI is InChI=1S/C33H50O7/c1-13-17(5)29-20(8)28(36)23(11)33(39-29)24(12)32(38-26(34)15-16(3)4)22(10)31(40-33)21(9)30-19(7)27(35)18(6)25(14-2)37-30/h16-17,21-24,31-32H,13-15H2,1-12H3/t17?,21-,22+,23-,24-,31-,32-,33+/m0/s1. The molecule has 0 radical (unpaired) electrons. The molecule has 0 N–H and O–H groups in total. The van der Waals surface area contributed by atoms with Crippen LogP contribution in [0.2, 0.25) is 0 Å². The molecule has 0 aliphatic carbocycles. The van der Waals surface area contributed by atoms with Crippen LogP contribution in [0.25, 0.3) is 0 Å². The van der Waals surface area contributed by atoms with Crippen molar-refractivity contribution < 1.29 is 28.2 Å². The normalized spacial score (nSPS) is 30.4. The van der Waals surface area contributed by atoms with E-state index in [0.717, 1.165) is 6.42 Å². The van der Waals surface area contributed by atoms with E-state index >= 15 is 0 Å². The number of carbonyl (C=O) groups excluding carboxylic acids is 2. The fourth-order valence-corrected chi connectivity index (χ4v) is 6.56. The summed E-state index contributed by atoms with van der Waals surface area (Å²) in [6.07, 6.45) is 0.573. The minimum absolute atomic E-state index is 0.0192. The lowest BCUT2D eigenvalue weighted by molar-refractivity contribution is -0.347. The van der Waals surface area contributed by atoms with Crippen molar-refractivity contribution in [2.75, 3.05) is 0 Å². The first kappa shape index (κ1) is 32.1. The van der Waals surface area contributed by atoms with Crippen LogP contribution in [0.3, 0.4) is 0 Å². The number of ether oxygens (including phenoxy) is 3. The molecule has 3 rings (SSSR count). The van der Waals surface area contributed by atoms with Gasteiger partial charge >= 0.3 is 5.97 Å². The molecule has 40 heavy (non-hydrogen) atoms. The third kappa shape index (κ3) is 5.55. The Morgan fingerprint density at radius 3 is 2.17 bits per heavy atom. The quantitative estimate of drug-likeness (QED) is 0.324. The molecule has 1 aromatic heterocycles. The smallest absolute Gasteiger partial charge is 0.306 e. The first-order valence-corrected chi connectivity index (χ1v) is 15.1. The Balaban J connectivity index is 2.19. The molecule has 1 spiro atoms. The maximum Gasteiger partial charge on any atom is 0.306 e. The van der Waals surface area contributed by atoms with E-state index in [1.807, 2.05) is 62.3 Å². The molecule has 1 saturated heterocycles. The van der Waals surface area contributed by atoms with E-state index < -0.39 is 29.8 Å². The van der Waals surface area contributed by atoms with Crippen LogP contribution in [0, 0.1) is 43.4 Å². The van der Waals surface area contributed by atoms with Crippen molar-refractivity contribution in [2.45, 2.75) is 126 Å².